The largest absolute Gasteiger partial charge is 0.128 e. The van der Waals surface area contributed by atoms with Crippen LogP contribution in [-0.2, 0) is 5.41 Å². The van der Waals surface area contributed by atoms with Gasteiger partial charge in [0.15, 0.2) is 0 Å². The van der Waals surface area contributed by atoms with Gasteiger partial charge in [-0.05, 0) is 23.6 Å². The zero-order chi connectivity index (χ0) is 13.7. The first-order chi connectivity index (χ1) is 9.25. The first kappa shape index (κ1) is 13.0. The molecule has 0 heterocycles. The van der Waals surface area contributed by atoms with Gasteiger partial charge in [0.1, 0.15) is 5.41 Å². The van der Waals surface area contributed by atoms with Gasteiger partial charge in [0, 0.05) is 0 Å². The molecule has 0 spiro atoms. The Hall–Kier alpha value is -2.48. The molecule has 2 aromatic carbocycles. The van der Waals surface area contributed by atoms with Gasteiger partial charge in [-0.1, -0.05) is 73.2 Å². The normalized spacial score (nSPS) is 10.3. The van der Waals surface area contributed by atoms with Gasteiger partial charge >= 0.3 is 0 Å². The van der Waals surface area contributed by atoms with Crippen molar-refractivity contribution < 1.29 is 0 Å². The van der Waals surface area contributed by atoms with Crippen LogP contribution >= 0.6 is 0 Å². The molecule has 0 saturated heterocycles. The van der Waals surface area contributed by atoms with Crippen LogP contribution in [0.2, 0.25) is 0 Å². The minimum Gasteiger partial charge on any atom is -0.128 e. The highest BCUT2D eigenvalue weighted by Gasteiger charge is 2.33. The summed E-state index contributed by atoms with van der Waals surface area (Å²) in [6.07, 6.45) is 5.91. The second-order valence-electron chi connectivity index (χ2n) is 4.43. The lowest BCUT2D eigenvalue weighted by molar-refractivity contribution is 0.789. The van der Waals surface area contributed by atoms with E-state index in [2.05, 4.69) is 18.2 Å². The predicted octanol–water partition coefficient (Wildman–Crippen LogP) is 4.34. The van der Waals surface area contributed by atoms with Crippen LogP contribution in [0.25, 0.3) is 0 Å². The molecule has 0 fully saturated rings. The molecule has 0 aliphatic carbocycles. The summed E-state index contributed by atoms with van der Waals surface area (Å²) in [6, 6.07) is 20.2. The second-order valence-corrected chi connectivity index (χ2v) is 4.43. The molecule has 0 radical (unpaired) electrons. The zero-order valence-corrected chi connectivity index (χ0v) is 11.1. The van der Waals surface area contributed by atoms with E-state index in [1.165, 1.54) is 0 Å². The van der Waals surface area contributed by atoms with E-state index in [9.17, 15) is 0 Å². The summed E-state index contributed by atoms with van der Waals surface area (Å²) in [5, 5.41) is 0. The summed E-state index contributed by atoms with van der Waals surface area (Å²) in [4.78, 5) is 0. The maximum atomic E-state index is 5.91. The summed E-state index contributed by atoms with van der Waals surface area (Å²) in [7, 11) is 0. The van der Waals surface area contributed by atoms with Crippen molar-refractivity contribution in [3.63, 3.8) is 0 Å². The Kier molecular flexibility index (Phi) is 3.71. The molecule has 0 nitrogen and oxygen atoms in total. The number of rotatable bonds is 3. The van der Waals surface area contributed by atoms with Crippen LogP contribution in [-0.4, -0.2) is 0 Å². The minimum atomic E-state index is -0.593. The maximum absolute atomic E-state index is 5.91. The van der Waals surface area contributed by atoms with Gasteiger partial charge in [-0.3, -0.25) is 0 Å². The Balaban J connectivity index is 2.78. The van der Waals surface area contributed by atoms with Crippen molar-refractivity contribution >= 4 is 0 Å². The number of terminal acetylenes is 1. The fourth-order valence-corrected chi connectivity index (χ4v) is 2.38. The molecule has 0 N–H and O–H groups in total. The fraction of sp³-hybridized carbons (Fsp3) is 0.105. The molecule has 0 aliphatic heterocycles. The Bertz CT molecular complexity index is 596. The topological polar surface area (TPSA) is 0 Å². The molecule has 2 rings (SSSR count). The van der Waals surface area contributed by atoms with Crippen LogP contribution in [0, 0.1) is 12.3 Å². The van der Waals surface area contributed by atoms with Crippen molar-refractivity contribution in [2.45, 2.75) is 12.3 Å². The molecular formula is C19H16. The molecule has 19 heavy (non-hydrogen) atoms. The number of allylic oxidation sites excluding steroid dienone is 1. The summed E-state index contributed by atoms with van der Waals surface area (Å²) >= 11 is 0. The molecule has 0 atom stereocenters. The Morgan fingerprint density at radius 2 is 1.37 bits per heavy atom. The van der Waals surface area contributed by atoms with E-state index < -0.39 is 5.41 Å². The molecule has 0 saturated carbocycles. The van der Waals surface area contributed by atoms with Crippen molar-refractivity contribution in [2.75, 3.05) is 0 Å². The first-order valence-electron chi connectivity index (χ1n) is 6.21. The lowest BCUT2D eigenvalue weighted by Gasteiger charge is -2.30. The van der Waals surface area contributed by atoms with E-state index in [4.69, 9.17) is 6.42 Å². The van der Waals surface area contributed by atoms with E-state index in [0.717, 1.165) is 16.7 Å². The predicted molar refractivity (Wildman–Crippen MR) is 80.8 cm³/mol. The molecule has 0 bridgehead atoms. The van der Waals surface area contributed by atoms with Gasteiger partial charge in [0.25, 0.3) is 0 Å². The van der Waals surface area contributed by atoms with E-state index in [1.54, 1.807) is 0 Å². The van der Waals surface area contributed by atoms with E-state index in [-0.39, 0.29) is 0 Å². The van der Waals surface area contributed by atoms with Gasteiger partial charge < -0.3 is 0 Å². The van der Waals surface area contributed by atoms with E-state index in [0.29, 0.717) is 0 Å². The molecular weight excluding hydrogens is 228 g/mol. The maximum Gasteiger partial charge on any atom is 0.109 e. The fourth-order valence-electron chi connectivity index (χ4n) is 2.38. The van der Waals surface area contributed by atoms with E-state index in [1.807, 2.05) is 67.6 Å². The smallest absolute Gasteiger partial charge is 0.109 e. The van der Waals surface area contributed by atoms with Crippen LogP contribution in [0.5, 0.6) is 0 Å². The van der Waals surface area contributed by atoms with Crippen molar-refractivity contribution in [1.82, 2.24) is 0 Å². The Labute approximate surface area is 115 Å². The van der Waals surface area contributed by atoms with Gasteiger partial charge in [-0.25, -0.2) is 0 Å². The molecule has 2 aromatic rings. The molecule has 0 aliphatic rings. The summed E-state index contributed by atoms with van der Waals surface area (Å²) < 4.78 is 0. The van der Waals surface area contributed by atoms with Crippen LogP contribution in [0.1, 0.15) is 18.1 Å². The van der Waals surface area contributed by atoms with Crippen molar-refractivity contribution in [1.29, 1.82) is 0 Å². The number of hydrogen-bond donors (Lipinski definition) is 0. The highest BCUT2D eigenvalue weighted by Crippen LogP contribution is 2.37. The highest BCUT2D eigenvalue weighted by atomic mass is 14.3. The third kappa shape index (κ3) is 2.13. The summed E-state index contributed by atoms with van der Waals surface area (Å²) in [5.41, 5.74) is 5.46. The van der Waals surface area contributed by atoms with E-state index >= 15 is 0 Å². The average molecular weight is 244 g/mol. The highest BCUT2D eigenvalue weighted by molar-refractivity contribution is 5.55. The van der Waals surface area contributed by atoms with Crippen LogP contribution in [0.4, 0.5) is 0 Å². The average Bonchev–Trinajstić information content (AvgIpc) is 2.50. The van der Waals surface area contributed by atoms with Crippen LogP contribution in [0.3, 0.4) is 0 Å². The molecule has 0 amide bonds. The Morgan fingerprint density at radius 3 is 1.68 bits per heavy atom. The number of benzene rings is 2. The zero-order valence-electron chi connectivity index (χ0n) is 11.1. The molecule has 0 aromatic heterocycles. The van der Waals surface area contributed by atoms with Crippen molar-refractivity contribution in [3.05, 3.63) is 89.7 Å². The number of hydrogen-bond acceptors (Lipinski definition) is 0. The lowest BCUT2D eigenvalue weighted by Crippen LogP contribution is -2.27. The molecule has 0 heteroatoms. The monoisotopic (exact) mass is 244 g/mol. The molecule has 0 unspecified atom stereocenters. The summed E-state index contributed by atoms with van der Waals surface area (Å²) in [5.74, 6) is 2.96. The van der Waals surface area contributed by atoms with Gasteiger partial charge in [0.05, 0.1) is 0 Å². The lowest BCUT2D eigenvalue weighted by atomic mass is 9.70. The van der Waals surface area contributed by atoms with Gasteiger partial charge in [0.2, 0.25) is 0 Å². The summed E-state index contributed by atoms with van der Waals surface area (Å²) in [6.45, 7) is 5.75. The van der Waals surface area contributed by atoms with Crippen LogP contribution in [0.15, 0.2) is 78.5 Å². The Morgan fingerprint density at radius 1 is 0.947 bits per heavy atom. The first-order valence-corrected chi connectivity index (χ1v) is 6.21. The standard InChI is InChI=1S/C19H16/c1-4-16(3)19(5-2,17-12-8-6-9-13-17)18-14-10-7-11-15-18/h2,6-15H,1H2,3H3. The van der Waals surface area contributed by atoms with Gasteiger partial charge in [-0.15, -0.1) is 12.2 Å². The SMILES string of the molecule is C#CC(C(C)=C=C)(c1ccccc1)c1ccccc1. The minimum absolute atomic E-state index is 0.593. The third-order valence-corrected chi connectivity index (χ3v) is 3.46. The quantitative estimate of drug-likeness (QED) is 0.556. The third-order valence-electron chi connectivity index (χ3n) is 3.46. The van der Waals surface area contributed by atoms with Crippen LogP contribution < -0.4 is 0 Å². The van der Waals surface area contributed by atoms with Crippen molar-refractivity contribution in [3.8, 4) is 12.3 Å². The van der Waals surface area contributed by atoms with Crippen molar-refractivity contribution in [2.24, 2.45) is 0 Å². The second kappa shape index (κ2) is 5.44. The molecule has 92 valence electrons. The van der Waals surface area contributed by atoms with Gasteiger partial charge in [-0.2, -0.15) is 0 Å².